The predicted octanol–water partition coefficient (Wildman–Crippen LogP) is 4.69. The van der Waals surface area contributed by atoms with Crippen LogP contribution in [0.4, 0.5) is 5.69 Å². The summed E-state index contributed by atoms with van der Waals surface area (Å²) < 4.78 is 12.6. The van der Waals surface area contributed by atoms with E-state index >= 15 is 0 Å². The number of hydrogen-bond donors (Lipinski definition) is 2. The molecule has 0 bridgehead atoms. The maximum atomic E-state index is 13.0. The Balaban J connectivity index is 1.58. The van der Waals surface area contributed by atoms with Crippen LogP contribution in [0.5, 0.6) is 11.5 Å². The normalized spacial score (nSPS) is 12.7. The fourth-order valence-corrected chi connectivity index (χ4v) is 3.58. The molecule has 3 aromatic rings. The monoisotopic (exact) mass is 467 g/mol. The number of fused-ring (bicyclic) bond motifs is 1. The van der Waals surface area contributed by atoms with Gasteiger partial charge in [0.2, 0.25) is 12.8 Å². The van der Waals surface area contributed by atoms with Crippen LogP contribution in [0.15, 0.2) is 47.6 Å². The highest BCUT2D eigenvalue weighted by Crippen LogP contribution is 2.32. The summed E-state index contributed by atoms with van der Waals surface area (Å²) in [6, 6.07) is 10.6. The summed E-state index contributed by atoms with van der Waals surface area (Å²) in [6.07, 6.45) is 2.99. The molecular weight excluding hydrogens is 442 g/mol. The van der Waals surface area contributed by atoms with Crippen molar-refractivity contribution in [3.8, 4) is 11.5 Å². The third kappa shape index (κ3) is 5.46. The molecule has 9 heteroatoms. The van der Waals surface area contributed by atoms with Crippen molar-refractivity contribution < 1.29 is 14.3 Å². The maximum absolute atomic E-state index is 13.0. The van der Waals surface area contributed by atoms with Crippen LogP contribution in [0, 0.1) is 13.8 Å². The average molecular weight is 468 g/mol. The Morgan fingerprint density at radius 3 is 2.82 bits per heavy atom. The molecule has 2 aromatic carbocycles. The fraction of sp³-hybridized carbons (Fsp3) is 0.292. The number of rotatable bonds is 6. The highest BCUT2D eigenvalue weighted by atomic mass is 35.5. The first-order valence-electron chi connectivity index (χ1n) is 10.7. The van der Waals surface area contributed by atoms with Crippen molar-refractivity contribution in [1.29, 1.82) is 0 Å². The molecule has 0 saturated heterocycles. The third-order valence-corrected chi connectivity index (χ3v) is 5.46. The molecule has 0 aliphatic carbocycles. The standard InChI is InChI=1S/C24H26ClN5O3/c1-4-9-30-13-18(16(3)29-30)12-26-24(27-20-11-19(25)7-5-15(20)2)28-23(31)17-6-8-21-22(10-17)33-14-32-21/h5-8,10-11,13H,4,9,12,14H2,1-3H3,(H2,26,27,28,31). The summed E-state index contributed by atoms with van der Waals surface area (Å²) in [5, 5.41) is 11.2. The third-order valence-electron chi connectivity index (χ3n) is 5.23. The minimum absolute atomic E-state index is 0.147. The minimum Gasteiger partial charge on any atom is -0.454 e. The number of amides is 1. The lowest BCUT2D eigenvalue weighted by Gasteiger charge is -2.14. The molecule has 1 aliphatic rings. The van der Waals surface area contributed by atoms with E-state index in [0.717, 1.165) is 35.5 Å². The molecule has 2 heterocycles. The first-order valence-corrected chi connectivity index (χ1v) is 11.1. The Hall–Kier alpha value is -3.52. The number of aromatic nitrogens is 2. The molecule has 0 saturated carbocycles. The van der Waals surface area contributed by atoms with Gasteiger partial charge in [0.15, 0.2) is 11.5 Å². The second kappa shape index (κ2) is 9.95. The summed E-state index contributed by atoms with van der Waals surface area (Å²) in [6.45, 7) is 7.37. The van der Waals surface area contributed by atoms with Crippen LogP contribution >= 0.6 is 11.6 Å². The van der Waals surface area contributed by atoms with E-state index in [1.54, 1.807) is 24.3 Å². The number of aliphatic imine (C=N–C) groups is 1. The fourth-order valence-electron chi connectivity index (χ4n) is 3.41. The molecule has 33 heavy (non-hydrogen) atoms. The number of carbonyl (C=O) groups excluding carboxylic acids is 1. The number of carbonyl (C=O) groups is 1. The Morgan fingerprint density at radius 2 is 2.00 bits per heavy atom. The Kier molecular flexibility index (Phi) is 6.84. The summed E-state index contributed by atoms with van der Waals surface area (Å²) in [5.74, 6) is 1.15. The quantitative estimate of drug-likeness (QED) is 0.405. The molecule has 0 unspecified atom stereocenters. The molecule has 4 rings (SSSR count). The van der Waals surface area contributed by atoms with E-state index in [1.165, 1.54) is 0 Å². The van der Waals surface area contributed by atoms with Crippen molar-refractivity contribution >= 4 is 29.2 Å². The number of nitrogens with zero attached hydrogens (tertiary/aromatic N) is 3. The van der Waals surface area contributed by atoms with E-state index in [2.05, 4.69) is 27.6 Å². The zero-order chi connectivity index (χ0) is 23.4. The first-order chi connectivity index (χ1) is 15.9. The zero-order valence-corrected chi connectivity index (χ0v) is 19.6. The van der Waals surface area contributed by atoms with Gasteiger partial charge in [0.05, 0.1) is 12.2 Å². The van der Waals surface area contributed by atoms with Gasteiger partial charge in [0, 0.05) is 34.6 Å². The Labute approximate surface area is 197 Å². The van der Waals surface area contributed by atoms with E-state index in [0.29, 0.717) is 34.6 Å². The largest absolute Gasteiger partial charge is 0.454 e. The van der Waals surface area contributed by atoms with Crippen LogP contribution in [-0.4, -0.2) is 28.4 Å². The zero-order valence-electron chi connectivity index (χ0n) is 18.8. The number of halogens is 1. The van der Waals surface area contributed by atoms with Crippen molar-refractivity contribution in [2.24, 2.45) is 4.99 Å². The topological polar surface area (TPSA) is 89.8 Å². The van der Waals surface area contributed by atoms with Crippen LogP contribution < -0.4 is 20.1 Å². The summed E-state index contributed by atoms with van der Waals surface area (Å²) in [4.78, 5) is 17.6. The average Bonchev–Trinajstić information content (AvgIpc) is 3.40. The maximum Gasteiger partial charge on any atom is 0.258 e. The van der Waals surface area contributed by atoms with Gasteiger partial charge < -0.3 is 14.8 Å². The molecule has 1 aromatic heterocycles. The van der Waals surface area contributed by atoms with E-state index in [1.807, 2.05) is 36.9 Å². The van der Waals surface area contributed by atoms with Crippen molar-refractivity contribution in [3.63, 3.8) is 0 Å². The van der Waals surface area contributed by atoms with E-state index in [9.17, 15) is 4.79 Å². The second-order valence-electron chi connectivity index (χ2n) is 7.77. The van der Waals surface area contributed by atoms with Gasteiger partial charge in [-0.25, -0.2) is 4.99 Å². The SMILES string of the molecule is CCCn1cc(CN=C(NC(=O)c2ccc3c(c2)OCO3)Nc2cc(Cl)ccc2C)c(C)n1. The van der Waals surface area contributed by atoms with Crippen LogP contribution in [0.1, 0.15) is 40.5 Å². The molecule has 8 nitrogen and oxygen atoms in total. The van der Waals surface area contributed by atoms with Crippen LogP contribution in [-0.2, 0) is 13.1 Å². The van der Waals surface area contributed by atoms with Crippen molar-refractivity contribution in [3.05, 3.63) is 70.0 Å². The summed E-state index contributed by atoms with van der Waals surface area (Å²) in [5.41, 5.74) is 4.06. The van der Waals surface area contributed by atoms with Gasteiger partial charge >= 0.3 is 0 Å². The number of hydrogen-bond acceptors (Lipinski definition) is 5. The molecular formula is C24H26ClN5O3. The van der Waals surface area contributed by atoms with Gasteiger partial charge in [-0.1, -0.05) is 24.6 Å². The van der Waals surface area contributed by atoms with E-state index in [-0.39, 0.29) is 12.7 Å². The van der Waals surface area contributed by atoms with Gasteiger partial charge in [0.25, 0.3) is 5.91 Å². The number of guanidine groups is 1. The number of aryl methyl sites for hydroxylation is 3. The molecule has 0 atom stereocenters. The highest BCUT2D eigenvalue weighted by Gasteiger charge is 2.18. The lowest BCUT2D eigenvalue weighted by atomic mass is 10.2. The van der Waals surface area contributed by atoms with Crippen molar-refractivity contribution in [1.82, 2.24) is 15.1 Å². The van der Waals surface area contributed by atoms with E-state index < -0.39 is 0 Å². The molecule has 0 radical (unpaired) electrons. The summed E-state index contributed by atoms with van der Waals surface area (Å²) in [7, 11) is 0. The molecule has 1 amide bonds. The van der Waals surface area contributed by atoms with Crippen molar-refractivity contribution in [2.75, 3.05) is 12.1 Å². The smallest absolute Gasteiger partial charge is 0.258 e. The van der Waals surface area contributed by atoms with Crippen LogP contribution in [0.2, 0.25) is 5.02 Å². The Bertz CT molecular complexity index is 1200. The first kappa shape index (κ1) is 22.7. The number of anilines is 1. The van der Waals surface area contributed by atoms with Crippen molar-refractivity contribution in [2.45, 2.75) is 40.3 Å². The lowest BCUT2D eigenvalue weighted by molar-refractivity contribution is 0.0976. The van der Waals surface area contributed by atoms with Crippen LogP contribution in [0.3, 0.4) is 0 Å². The molecule has 0 spiro atoms. The molecule has 1 aliphatic heterocycles. The number of ether oxygens (including phenoxy) is 2. The van der Waals surface area contributed by atoms with Gasteiger partial charge in [-0.2, -0.15) is 5.10 Å². The molecule has 2 N–H and O–H groups in total. The molecule has 172 valence electrons. The highest BCUT2D eigenvalue weighted by molar-refractivity contribution is 6.31. The summed E-state index contributed by atoms with van der Waals surface area (Å²) >= 11 is 6.18. The van der Waals surface area contributed by atoms with Gasteiger partial charge in [-0.15, -0.1) is 0 Å². The Morgan fingerprint density at radius 1 is 1.18 bits per heavy atom. The van der Waals surface area contributed by atoms with Gasteiger partial charge in [-0.05, 0) is 56.2 Å². The second-order valence-corrected chi connectivity index (χ2v) is 8.21. The van der Waals surface area contributed by atoms with Crippen LogP contribution in [0.25, 0.3) is 0 Å². The number of nitrogens with one attached hydrogen (secondary N) is 2. The van der Waals surface area contributed by atoms with Gasteiger partial charge in [-0.3, -0.25) is 14.8 Å². The van der Waals surface area contributed by atoms with E-state index in [4.69, 9.17) is 21.1 Å². The molecule has 0 fully saturated rings. The lowest BCUT2D eigenvalue weighted by Crippen LogP contribution is -2.36. The van der Waals surface area contributed by atoms with Gasteiger partial charge in [0.1, 0.15) is 0 Å². The number of benzene rings is 2. The minimum atomic E-state index is -0.322. The predicted molar refractivity (Wildman–Crippen MR) is 128 cm³/mol.